The van der Waals surface area contributed by atoms with Crippen LogP contribution in [0.2, 0.25) is 0 Å². The molecule has 0 radical (unpaired) electrons. The van der Waals surface area contributed by atoms with Crippen LogP contribution in [0, 0.1) is 10.1 Å². The lowest BCUT2D eigenvalue weighted by Gasteiger charge is -2.22. The molecule has 124 valence electrons. The Labute approximate surface area is 133 Å². The van der Waals surface area contributed by atoms with Gasteiger partial charge < -0.3 is 10.2 Å². The van der Waals surface area contributed by atoms with Crippen LogP contribution in [0.25, 0.3) is 0 Å². The topological polar surface area (TPSA) is 118 Å². The van der Waals surface area contributed by atoms with Crippen molar-refractivity contribution in [2.45, 2.75) is 50.4 Å². The van der Waals surface area contributed by atoms with Crippen LogP contribution in [0.4, 0.5) is 5.69 Å². The number of carboxylic acid groups (broad SMARTS) is 2. The number of aliphatic carboxylic acids is 2. The predicted molar refractivity (Wildman–Crippen MR) is 81.6 cm³/mol. The minimum Gasteiger partial charge on any atom is -0.481 e. The summed E-state index contributed by atoms with van der Waals surface area (Å²) in [6, 6.07) is 4.34. The number of nitrogens with zero attached hydrogens (tertiary/aromatic N) is 1. The van der Waals surface area contributed by atoms with Gasteiger partial charge in [-0.25, -0.2) is 0 Å². The summed E-state index contributed by atoms with van der Waals surface area (Å²) in [7, 11) is 0. The molecule has 2 N–H and O–H groups in total. The van der Waals surface area contributed by atoms with E-state index in [0.29, 0.717) is 5.56 Å². The Morgan fingerprint density at radius 3 is 2.39 bits per heavy atom. The monoisotopic (exact) mass is 321 g/mol. The molecule has 1 saturated carbocycles. The number of carbonyl (C=O) groups is 2. The molecule has 1 aliphatic rings. The van der Waals surface area contributed by atoms with E-state index in [1.807, 2.05) is 0 Å². The fourth-order valence-corrected chi connectivity index (χ4v) is 3.22. The van der Waals surface area contributed by atoms with Crippen molar-refractivity contribution < 1.29 is 24.7 Å². The van der Waals surface area contributed by atoms with Gasteiger partial charge in [0.25, 0.3) is 5.69 Å². The molecule has 23 heavy (non-hydrogen) atoms. The van der Waals surface area contributed by atoms with Gasteiger partial charge in [-0.05, 0) is 24.3 Å². The van der Waals surface area contributed by atoms with Crippen molar-refractivity contribution in [2.75, 3.05) is 0 Å². The molecule has 0 spiro atoms. The zero-order valence-electron chi connectivity index (χ0n) is 12.6. The van der Waals surface area contributed by atoms with E-state index >= 15 is 0 Å². The van der Waals surface area contributed by atoms with Crippen molar-refractivity contribution >= 4 is 17.6 Å². The van der Waals surface area contributed by atoms with Crippen molar-refractivity contribution in [1.29, 1.82) is 0 Å². The van der Waals surface area contributed by atoms with Crippen molar-refractivity contribution in [3.8, 4) is 0 Å². The van der Waals surface area contributed by atoms with Crippen molar-refractivity contribution in [3.05, 3.63) is 39.4 Å². The van der Waals surface area contributed by atoms with E-state index in [1.54, 1.807) is 6.07 Å². The first-order chi connectivity index (χ1) is 10.9. The van der Waals surface area contributed by atoms with Gasteiger partial charge in [0.2, 0.25) is 0 Å². The van der Waals surface area contributed by atoms with Gasteiger partial charge in [-0.1, -0.05) is 31.4 Å². The van der Waals surface area contributed by atoms with Gasteiger partial charge >= 0.3 is 11.9 Å². The highest BCUT2D eigenvalue weighted by molar-refractivity contribution is 5.82. The van der Waals surface area contributed by atoms with Crippen LogP contribution < -0.4 is 0 Å². The fourth-order valence-electron chi connectivity index (χ4n) is 3.22. The normalized spacial score (nSPS) is 16.7. The molecule has 0 unspecified atom stereocenters. The Kier molecular flexibility index (Phi) is 5.31. The number of nitro groups is 1. The first-order valence-corrected chi connectivity index (χ1v) is 7.63. The Bertz CT molecular complexity index is 621. The molecule has 1 aromatic rings. The summed E-state index contributed by atoms with van der Waals surface area (Å²) in [4.78, 5) is 33.0. The second-order valence-electron chi connectivity index (χ2n) is 5.90. The van der Waals surface area contributed by atoms with E-state index in [4.69, 9.17) is 5.11 Å². The third kappa shape index (κ3) is 4.06. The SMILES string of the molecule is O=C(O)C[C@H](C(=O)O)c1ccc(C2CCCCC2)c([N+](=O)[O-])c1. The highest BCUT2D eigenvalue weighted by Gasteiger charge is 2.28. The van der Waals surface area contributed by atoms with Crippen LogP contribution in [0.15, 0.2) is 18.2 Å². The van der Waals surface area contributed by atoms with Crippen molar-refractivity contribution in [1.82, 2.24) is 0 Å². The molecule has 0 aliphatic heterocycles. The summed E-state index contributed by atoms with van der Waals surface area (Å²) >= 11 is 0. The van der Waals surface area contributed by atoms with Crippen LogP contribution >= 0.6 is 0 Å². The van der Waals surface area contributed by atoms with Crippen molar-refractivity contribution in [3.63, 3.8) is 0 Å². The molecule has 2 rings (SSSR count). The molecule has 0 heterocycles. The summed E-state index contributed by atoms with van der Waals surface area (Å²) < 4.78 is 0. The number of carboxylic acids is 2. The molecule has 1 atom stereocenters. The third-order valence-corrected chi connectivity index (χ3v) is 4.38. The Morgan fingerprint density at radius 2 is 1.87 bits per heavy atom. The molecule has 1 aromatic carbocycles. The van der Waals surface area contributed by atoms with Crippen LogP contribution in [0.3, 0.4) is 0 Å². The van der Waals surface area contributed by atoms with Crippen LogP contribution in [0.5, 0.6) is 0 Å². The summed E-state index contributed by atoms with van der Waals surface area (Å²) in [5, 5.41) is 29.4. The summed E-state index contributed by atoms with van der Waals surface area (Å²) in [6.45, 7) is 0. The molecule has 7 heteroatoms. The van der Waals surface area contributed by atoms with E-state index in [-0.39, 0.29) is 17.2 Å². The number of hydrogen-bond acceptors (Lipinski definition) is 4. The van der Waals surface area contributed by atoms with E-state index in [9.17, 15) is 24.8 Å². The van der Waals surface area contributed by atoms with Gasteiger partial charge in [0, 0.05) is 11.6 Å². The van der Waals surface area contributed by atoms with Gasteiger partial charge in [0.15, 0.2) is 0 Å². The second kappa shape index (κ2) is 7.21. The van der Waals surface area contributed by atoms with Gasteiger partial charge in [-0.2, -0.15) is 0 Å². The fraction of sp³-hybridized carbons (Fsp3) is 0.500. The van der Waals surface area contributed by atoms with Crippen LogP contribution in [-0.2, 0) is 9.59 Å². The first-order valence-electron chi connectivity index (χ1n) is 7.63. The average molecular weight is 321 g/mol. The van der Waals surface area contributed by atoms with E-state index in [2.05, 4.69) is 0 Å². The lowest BCUT2D eigenvalue weighted by Crippen LogP contribution is -2.16. The lowest BCUT2D eigenvalue weighted by molar-refractivity contribution is -0.385. The van der Waals surface area contributed by atoms with Gasteiger partial charge in [-0.3, -0.25) is 19.7 Å². The number of nitro benzene ring substituents is 1. The minimum absolute atomic E-state index is 0.106. The van der Waals surface area contributed by atoms with Crippen molar-refractivity contribution in [2.24, 2.45) is 0 Å². The summed E-state index contributed by atoms with van der Waals surface area (Å²) in [6.07, 6.45) is 4.35. The Hall–Kier alpha value is -2.44. The zero-order chi connectivity index (χ0) is 17.0. The standard InChI is InChI=1S/C16H19NO6/c18-15(19)9-13(16(20)21)11-6-7-12(14(8-11)17(22)23)10-4-2-1-3-5-10/h6-8,10,13H,1-5,9H2,(H,18,19)(H,20,21)/t13-/m0/s1. The molecular weight excluding hydrogens is 302 g/mol. The minimum atomic E-state index is -1.30. The molecule has 1 fully saturated rings. The third-order valence-electron chi connectivity index (χ3n) is 4.38. The predicted octanol–water partition coefficient (Wildman–Crippen LogP) is 3.29. The lowest BCUT2D eigenvalue weighted by atomic mass is 9.82. The number of rotatable bonds is 6. The largest absolute Gasteiger partial charge is 0.481 e. The van der Waals surface area contributed by atoms with Gasteiger partial charge in [0.05, 0.1) is 17.3 Å². The Morgan fingerprint density at radius 1 is 1.22 bits per heavy atom. The molecule has 7 nitrogen and oxygen atoms in total. The summed E-state index contributed by atoms with van der Waals surface area (Å²) in [5.41, 5.74) is 0.676. The van der Waals surface area contributed by atoms with Gasteiger partial charge in [-0.15, -0.1) is 0 Å². The highest BCUT2D eigenvalue weighted by atomic mass is 16.6. The highest BCUT2D eigenvalue weighted by Crippen LogP contribution is 2.38. The molecule has 0 saturated heterocycles. The van der Waals surface area contributed by atoms with Crippen LogP contribution in [-0.4, -0.2) is 27.1 Å². The Balaban J connectivity index is 2.39. The molecule has 0 bridgehead atoms. The molecule has 0 amide bonds. The molecule has 0 aromatic heterocycles. The van der Waals surface area contributed by atoms with Gasteiger partial charge in [0.1, 0.15) is 0 Å². The molecule has 1 aliphatic carbocycles. The van der Waals surface area contributed by atoms with Crippen LogP contribution in [0.1, 0.15) is 61.5 Å². The van der Waals surface area contributed by atoms with E-state index in [0.717, 1.165) is 32.1 Å². The maximum absolute atomic E-state index is 11.4. The smallest absolute Gasteiger partial charge is 0.311 e. The quantitative estimate of drug-likeness (QED) is 0.613. The average Bonchev–Trinajstić information content (AvgIpc) is 2.52. The molecular formula is C16H19NO6. The number of hydrogen-bond donors (Lipinski definition) is 2. The first kappa shape index (κ1) is 16.9. The summed E-state index contributed by atoms with van der Waals surface area (Å²) in [5.74, 6) is -3.73. The maximum atomic E-state index is 11.4. The zero-order valence-corrected chi connectivity index (χ0v) is 12.6. The maximum Gasteiger partial charge on any atom is 0.311 e. The van der Waals surface area contributed by atoms with E-state index in [1.165, 1.54) is 12.1 Å². The van der Waals surface area contributed by atoms with E-state index < -0.39 is 29.2 Å². The second-order valence-corrected chi connectivity index (χ2v) is 5.90. The number of benzene rings is 1.